The highest BCUT2D eigenvalue weighted by molar-refractivity contribution is 5.47. The molecule has 0 saturated carbocycles. The van der Waals surface area contributed by atoms with E-state index in [0.29, 0.717) is 0 Å². The maximum atomic E-state index is 2.51. The van der Waals surface area contributed by atoms with Crippen molar-refractivity contribution in [2.75, 3.05) is 0 Å². The summed E-state index contributed by atoms with van der Waals surface area (Å²) in [6.07, 6.45) is 15.0. The van der Waals surface area contributed by atoms with Gasteiger partial charge in [-0.1, -0.05) is 11.1 Å². The molecule has 0 bridgehead atoms. The van der Waals surface area contributed by atoms with Crippen LogP contribution in [0.5, 0.6) is 0 Å². The maximum absolute atomic E-state index is 2.51. The number of hydrogen-bond acceptors (Lipinski definition) is 0. The summed E-state index contributed by atoms with van der Waals surface area (Å²) < 4.78 is 0. The number of fused-ring (bicyclic) bond motifs is 1. The van der Waals surface area contributed by atoms with Crippen LogP contribution >= 0.6 is 0 Å². The molecule has 0 amide bonds. The molecule has 0 spiro atoms. The van der Waals surface area contributed by atoms with Gasteiger partial charge < -0.3 is 0 Å². The van der Waals surface area contributed by atoms with Crippen molar-refractivity contribution in [1.82, 2.24) is 0 Å². The smallest absolute Gasteiger partial charge is 0.0131 e. The first-order chi connectivity index (χ1) is 6.95. The summed E-state index contributed by atoms with van der Waals surface area (Å²) in [5, 5.41) is 0. The van der Waals surface area contributed by atoms with Gasteiger partial charge in [-0.15, -0.1) is 0 Å². The third kappa shape index (κ3) is 1.36. The molecule has 3 aliphatic rings. The van der Waals surface area contributed by atoms with E-state index in [-0.39, 0.29) is 0 Å². The molecule has 0 aliphatic heterocycles. The molecule has 0 fully saturated rings. The Bertz CT molecular complexity index is 272. The fraction of sp³-hybridized carbons (Fsp3) is 0.643. The van der Waals surface area contributed by atoms with Gasteiger partial charge in [-0.2, -0.15) is 0 Å². The molecule has 14 heavy (non-hydrogen) atoms. The monoisotopic (exact) mass is 187 g/mol. The van der Waals surface area contributed by atoms with E-state index in [1.54, 1.807) is 16.7 Å². The minimum atomic E-state index is 1.33. The van der Waals surface area contributed by atoms with Gasteiger partial charge in [0.05, 0.1) is 0 Å². The lowest BCUT2D eigenvalue weighted by Crippen LogP contribution is -2.13. The Labute approximate surface area is 87.1 Å². The summed E-state index contributed by atoms with van der Waals surface area (Å²) in [5.74, 6) is 0. The first-order valence-corrected chi connectivity index (χ1v) is 6.21. The Morgan fingerprint density at radius 2 is 1.57 bits per heavy atom. The molecule has 0 saturated heterocycles. The molecular weight excluding hydrogens is 168 g/mol. The van der Waals surface area contributed by atoms with Crippen molar-refractivity contribution in [2.45, 2.75) is 57.8 Å². The van der Waals surface area contributed by atoms with Crippen LogP contribution in [0, 0.1) is 6.42 Å². The van der Waals surface area contributed by atoms with Crippen LogP contribution in [0.15, 0.2) is 22.3 Å². The molecule has 3 aliphatic carbocycles. The van der Waals surface area contributed by atoms with Gasteiger partial charge in [0.25, 0.3) is 0 Å². The molecule has 75 valence electrons. The highest BCUT2D eigenvalue weighted by Crippen LogP contribution is 2.43. The molecule has 0 aromatic carbocycles. The van der Waals surface area contributed by atoms with Crippen LogP contribution in [0.1, 0.15) is 57.8 Å². The first kappa shape index (κ1) is 8.76. The summed E-state index contributed by atoms with van der Waals surface area (Å²) >= 11 is 0. The van der Waals surface area contributed by atoms with Crippen LogP contribution in [0.3, 0.4) is 0 Å². The zero-order valence-electron chi connectivity index (χ0n) is 8.94. The van der Waals surface area contributed by atoms with Gasteiger partial charge in [0.15, 0.2) is 0 Å². The van der Waals surface area contributed by atoms with Gasteiger partial charge in [-0.05, 0) is 75.4 Å². The van der Waals surface area contributed by atoms with E-state index in [9.17, 15) is 0 Å². The van der Waals surface area contributed by atoms with Gasteiger partial charge in [0, 0.05) is 0 Å². The Kier molecular flexibility index (Phi) is 2.23. The average molecular weight is 187 g/mol. The third-order valence-corrected chi connectivity index (χ3v) is 4.05. The molecule has 0 aromatic heterocycles. The quantitative estimate of drug-likeness (QED) is 0.529. The van der Waals surface area contributed by atoms with Crippen molar-refractivity contribution in [3.8, 4) is 0 Å². The van der Waals surface area contributed by atoms with E-state index >= 15 is 0 Å². The number of rotatable bonds is 0. The van der Waals surface area contributed by atoms with Crippen molar-refractivity contribution in [1.29, 1.82) is 0 Å². The van der Waals surface area contributed by atoms with Crippen molar-refractivity contribution >= 4 is 0 Å². The normalized spacial score (nSPS) is 27.4. The summed E-state index contributed by atoms with van der Waals surface area (Å²) in [6.45, 7) is 0. The lowest BCUT2D eigenvalue weighted by atomic mass is 9.74. The first-order valence-electron chi connectivity index (χ1n) is 6.21. The van der Waals surface area contributed by atoms with Crippen LogP contribution in [0.25, 0.3) is 0 Å². The van der Waals surface area contributed by atoms with Crippen molar-refractivity contribution in [3.05, 3.63) is 28.7 Å². The summed E-state index contributed by atoms with van der Waals surface area (Å²) in [7, 11) is 0. The molecule has 0 unspecified atom stereocenters. The second kappa shape index (κ2) is 3.56. The molecular formula is C14H19. The highest BCUT2D eigenvalue weighted by atomic mass is 14.3. The van der Waals surface area contributed by atoms with E-state index in [1.807, 2.05) is 5.57 Å². The fourth-order valence-electron chi connectivity index (χ4n) is 3.33. The molecule has 0 N–H and O–H groups in total. The zero-order valence-corrected chi connectivity index (χ0v) is 8.94. The second-order valence-electron chi connectivity index (χ2n) is 4.89. The average Bonchev–Trinajstić information content (AvgIpc) is 2.29. The van der Waals surface area contributed by atoms with Gasteiger partial charge in [0.2, 0.25) is 0 Å². The number of hydrogen-bond donors (Lipinski definition) is 0. The van der Waals surface area contributed by atoms with Crippen LogP contribution in [0.2, 0.25) is 0 Å². The minimum absolute atomic E-state index is 1.33. The van der Waals surface area contributed by atoms with Gasteiger partial charge >= 0.3 is 0 Å². The Hall–Kier alpha value is -0.520. The molecule has 0 atom stereocenters. The van der Waals surface area contributed by atoms with Gasteiger partial charge in [0.1, 0.15) is 0 Å². The van der Waals surface area contributed by atoms with E-state index in [4.69, 9.17) is 0 Å². The highest BCUT2D eigenvalue weighted by Gasteiger charge is 2.24. The number of allylic oxidation sites excluding steroid dienone is 4. The Morgan fingerprint density at radius 3 is 2.57 bits per heavy atom. The molecule has 0 nitrogen and oxygen atoms in total. The minimum Gasteiger partial charge on any atom is -0.0664 e. The maximum Gasteiger partial charge on any atom is -0.0131 e. The van der Waals surface area contributed by atoms with Crippen LogP contribution in [-0.4, -0.2) is 0 Å². The lowest BCUT2D eigenvalue weighted by Gasteiger charge is -2.32. The van der Waals surface area contributed by atoms with Gasteiger partial charge in [-0.3, -0.25) is 0 Å². The van der Waals surface area contributed by atoms with Crippen LogP contribution in [0.4, 0.5) is 0 Å². The largest absolute Gasteiger partial charge is 0.0664 e. The predicted octanol–water partition coefficient (Wildman–Crippen LogP) is 4.34. The van der Waals surface area contributed by atoms with E-state index < -0.39 is 0 Å². The Morgan fingerprint density at radius 1 is 0.714 bits per heavy atom. The molecule has 0 aromatic rings. The van der Waals surface area contributed by atoms with E-state index in [0.717, 1.165) is 0 Å². The van der Waals surface area contributed by atoms with Crippen molar-refractivity contribution < 1.29 is 0 Å². The van der Waals surface area contributed by atoms with Crippen molar-refractivity contribution in [3.63, 3.8) is 0 Å². The molecule has 0 heteroatoms. The van der Waals surface area contributed by atoms with Crippen molar-refractivity contribution in [2.24, 2.45) is 0 Å². The fourth-order valence-corrected chi connectivity index (χ4v) is 3.33. The summed E-state index contributed by atoms with van der Waals surface area (Å²) in [5.41, 5.74) is 7.12. The standard InChI is InChI=1S/C14H19/c1-3-7-13-11(5-1)9-10-12-6-2-4-8-14(12)13/h5H,1-4,6-10H2. The Balaban J connectivity index is 1.99. The van der Waals surface area contributed by atoms with Crippen LogP contribution in [-0.2, 0) is 0 Å². The summed E-state index contributed by atoms with van der Waals surface area (Å²) in [6, 6.07) is 0. The predicted molar refractivity (Wildman–Crippen MR) is 59.9 cm³/mol. The van der Waals surface area contributed by atoms with E-state index in [1.165, 1.54) is 57.8 Å². The van der Waals surface area contributed by atoms with Crippen LogP contribution < -0.4 is 0 Å². The third-order valence-electron chi connectivity index (χ3n) is 4.05. The van der Waals surface area contributed by atoms with Gasteiger partial charge in [-0.25, -0.2) is 0 Å². The van der Waals surface area contributed by atoms with E-state index in [2.05, 4.69) is 6.42 Å². The molecule has 0 heterocycles. The lowest BCUT2D eigenvalue weighted by molar-refractivity contribution is 0.609. The molecule has 1 radical (unpaired) electrons. The summed E-state index contributed by atoms with van der Waals surface area (Å²) in [4.78, 5) is 0. The zero-order chi connectivity index (χ0) is 9.38. The topological polar surface area (TPSA) is 0 Å². The SMILES string of the molecule is [CH]1CCCC2=C1CCC1=C2CCCC1. The molecule has 3 rings (SSSR count). The second-order valence-corrected chi connectivity index (χ2v) is 4.89.